The smallest absolute Gasteiger partial charge is 0.335 e. The molecule has 10 heteroatoms. The lowest BCUT2D eigenvalue weighted by molar-refractivity contribution is -0.148. The molecule has 0 aromatic heterocycles. The number of amides is 2. The van der Waals surface area contributed by atoms with Crippen molar-refractivity contribution in [3.63, 3.8) is 0 Å². The highest BCUT2D eigenvalue weighted by Gasteiger charge is 2.41. The van der Waals surface area contributed by atoms with Gasteiger partial charge in [0, 0.05) is 5.56 Å². The maximum Gasteiger partial charge on any atom is 0.335 e. The zero-order valence-electron chi connectivity index (χ0n) is 18.1. The molecule has 0 spiro atoms. The zero-order chi connectivity index (χ0) is 24.1. The Balaban J connectivity index is 1.90. The summed E-state index contributed by atoms with van der Waals surface area (Å²) in [5.74, 6) is -1.67. The number of para-hydroxylation sites is 1. The molecule has 1 aliphatic rings. The van der Waals surface area contributed by atoms with Crippen molar-refractivity contribution in [1.29, 1.82) is 0 Å². The summed E-state index contributed by atoms with van der Waals surface area (Å²) >= 11 is 0.704. The fourth-order valence-electron chi connectivity index (χ4n) is 3.14. The molecule has 1 saturated heterocycles. The molecule has 0 bridgehead atoms. The molecular weight excluding hydrogens is 450 g/mol. The summed E-state index contributed by atoms with van der Waals surface area (Å²) in [5.41, 5.74) is 1.23. The molecule has 0 unspecified atom stereocenters. The van der Waals surface area contributed by atoms with Crippen molar-refractivity contribution in [2.24, 2.45) is 0 Å². The van der Waals surface area contributed by atoms with Crippen LogP contribution in [-0.2, 0) is 20.9 Å². The minimum atomic E-state index is -1.06. The van der Waals surface area contributed by atoms with Crippen LogP contribution >= 0.6 is 11.8 Å². The van der Waals surface area contributed by atoms with Crippen molar-refractivity contribution in [2.45, 2.75) is 19.6 Å². The van der Waals surface area contributed by atoms with Gasteiger partial charge < -0.3 is 19.3 Å². The van der Waals surface area contributed by atoms with Gasteiger partial charge in [-0.15, -0.1) is 0 Å². The standard InChI is InChI=1S/C23H21NO8S/c1-13(22(28)31-3)24-20(25)18(33-23(24)29)11-15-7-5-9-17(30-2)19(15)32-12-14-6-4-8-16(10-14)21(26)27/h4-11,13H,12H2,1-3H3,(H,26,27)/b18-11+/t13-/m1/s1. The van der Waals surface area contributed by atoms with E-state index in [-0.39, 0.29) is 17.1 Å². The zero-order valence-corrected chi connectivity index (χ0v) is 18.9. The number of esters is 1. The second-order valence-electron chi connectivity index (χ2n) is 6.92. The van der Waals surface area contributed by atoms with Crippen molar-refractivity contribution < 1.29 is 38.5 Å². The second kappa shape index (κ2) is 10.2. The number of carboxylic acids is 1. The van der Waals surface area contributed by atoms with Crippen LogP contribution in [0.4, 0.5) is 4.79 Å². The van der Waals surface area contributed by atoms with Gasteiger partial charge in [0.1, 0.15) is 12.6 Å². The predicted octanol–water partition coefficient (Wildman–Crippen LogP) is 3.57. The van der Waals surface area contributed by atoms with Crippen LogP contribution in [0.2, 0.25) is 0 Å². The van der Waals surface area contributed by atoms with E-state index in [1.807, 2.05) is 0 Å². The number of imide groups is 1. The topological polar surface area (TPSA) is 119 Å². The molecule has 0 saturated carbocycles. The molecule has 1 heterocycles. The van der Waals surface area contributed by atoms with E-state index >= 15 is 0 Å². The van der Waals surface area contributed by atoms with E-state index in [0.717, 1.165) is 4.90 Å². The minimum absolute atomic E-state index is 0.0448. The molecular formula is C23H21NO8S. The van der Waals surface area contributed by atoms with Gasteiger partial charge in [0.05, 0.1) is 24.7 Å². The molecule has 3 rings (SSSR count). The number of methoxy groups -OCH3 is 2. The number of rotatable bonds is 8. The van der Waals surface area contributed by atoms with Crippen LogP contribution < -0.4 is 9.47 Å². The number of benzene rings is 2. The molecule has 1 atom stereocenters. The molecule has 1 aliphatic heterocycles. The average Bonchev–Trinajstić information content (AvgIpc) is 3.09. The summed E-state index contributed by atoms with van der Waals surface area (Å²) in [6.07, 6.45) is 1.49. The Hall–Kier alpha value is -3.79. The van der Waals surface area contributed by atoms with Gasteiger partial charge >= 0.3 is 11.9 Å². The minimum Gasteiger partial charge on any atom is -0.493 e. The number of thioether (sulfide) groups is 1. The number of nitrogens with zero attached hydrogens (tertiary/aromatic N) is 1. The average molecular weight is 471 g/mol. The molecule has 2 amide bonds. The van der Waals surface area contributed by atoms with Crippen LogP contribution in [0.15, 0.2) is 47.4 Å². The Bertz CT molecular complexity index is 1140. The summed E-state index contributed by atoms with van der Waals surface area (Å²) < 4.78 is 15.9. The van der Waals surface area contributed by atoms with E-state index in [2.05, 4.69) is 4.74 Å². The molecule has 1 fully saturated rings. The Labute approximate surface area is 193 Å². The van der Waals surface area contributed by atoms with Gasteiger partial charge in [-0.05, 0) is 48.5 Å². The van der Waals surface area contributed by atoms with E-state index in [1.54, 1.807) is 30.3 Å². The lowest BCUT2D eigenvalue weighted by Gasteiger charge is -2.18. The first-order valence-corrected chi connectivity index (χ1v) is 10.6. The molecule has 2 aromatic rings. The predicted molar refractivity (Wildman–Crippen MR) is 120 cm³/mol. The third-order valence-electron chi connectivity index (χ3n) is 4.83. The third kappa shape index (κ3) is 5.17. The molecule has 9 nitrogen and oxygen atoms in total. The molecule has 33 heavy (non-hydrogen) atoms. The molecule has 0 radical (unpaired) electrons. The molecule has 172 valence electrons. The van der Waals surface area contributed by atoms with Gasteiger partial charge in [-0.25, -0.2) is 9.59 Å². The van der Waals surface area contributed by atoms with Gasteiger partial charge in [-0.2, -0.15) is 0 Å². The van der Waals surface area contributed by atoms with Crippen molar-refractivity contribution in [3.8, 4) is 11.5 Å². The largest absolute Gasteiger partial charge is 0.493 e. The number of carbonyl (C=O) groups is 4. The van der Waals surface area contributed by atoms with Crippen molar-refractivity contribution in [3.05, 3.63) is 64.1 Å². The Morgan fingerprint density at radius 2 is 1.88 bits per heavy atom. The lowest BCUT2D eigenvalue weighted by Crippen LogP contribution is -2.42. The van der Waals surface area contributed by atoms with Crippen LogP contribution in [0.1, 0.15) is 28.4 Å². The van der Waals surface area contributed by atoms with Gasteiger partial charge in [0.15, 0.2) is 11.5 Å². The maximum absolute atomic E-state index is 12.8. The number of hydrogen-bond acceptors (Lipinski definition) is 8. The highest BCUT2D eigenvalue weighted by atomic mass is 32.2. The number of carboxylic acid groups (broad SMARTS) is 1. The third-order valence-corrected chi connectivity index (χ3v) is 5.71. The highest BCUT2D eigenvalue weighted by molar-refractivity contribution is 8.18. The number of hydrogen-bond donors (Lipinski definition) is 1. The molecule has 2 aromatic carbocycles. The highest BCUT2D eigenvalue weighted by Crippen LogP contribution is 2.38. The Kier molecular flexibility index (Phi) is 7.39. The quantitative estimate of drug-likeness (QED) is 0.455. The van der Waals surface area contributed by atoms with Crippen molar-refractivity contribution in [2.75, 3.05) is 14.2 Å². The first-order chi connectivity index (χ1) is 15.8. The van der Waals surface area contributed by atoms with E-state index in [9.17, 15) is 24.3 Å². The van der Waals surface area contributed by atoms with Crippen molar-refractivity contribution in [1.82, 2.24) is 4.90 Å². The normalized spacial score (nSPS) is 15.5. The maximum atomic E-state index is 12.8. The van der Waals surface area contributed by atoms with Gasteiger partial charge in [0.25, 0.3) is 11.1 Å². The summed E-state index contributed by atoms with van der Waals surface area (Å²) in [7, 11) is 2.64. The van der Waals surface area contributed by atoms with E-state index in [0.29, 0.717) is 34.4 Å². The van der Waals surface area contributed by atoms with E-state index < -0.39 is 29.1 Å². The summed E-state index contributed by atoms with van der Waals surface area (Å²) in [6, 6.07) is 10.3. The molecule has 0 aliphatic carbocycles. The monoisotopic (exact) mass is 471 g/mol. The van der Waals surface area contributed by atoms with Gasteiger partial charge in [0.2, 0.25) is 0 Å². The SMILES string of the molecule is COC(=O)[C@@H](C)N1C(=O)S/C(=C/c2cccc(OC)c2OCc2cccc(C(=O)O)c2)C1=O. The Morgan fingerprint density at radius 3 is 2.55 bits per heavy atom. The number of carbonyl (C=O) groups excluding carboxylic acids is 3. The Morgan fingerprint density at radius 1 is 1.15 bits per heavy atom. The first-order valence-electron chi connectivity index (χ1n) is 9.73. The summed E-state index contributed by atoms with van der Waals surface area (Å²) in [4.78, 5) is 49.2. The van der Waals surface area contributed by atoms with Crippen LogP contribution in [0.25, 0.3) is 6.08 Å². The van der Waals surface area contributed by atoms with Crippen LogP contribution in [0.5, 0.6) is 11.5 Å². The fraction of sp³-hybridized carbons (Fsp3) is 0.217. The first kappa shape index (κ1) is 23.9. The van der Waals surface area contributed by atoms with Gasteiger partial charge in [-0.1, -0.05) is 24.3 Å². The van der Waals surface area contributed by atoms with E-state index in [4.69, 9.17) is 9.47 Å². The van der Waals surface area contributed by atoms with Crippen LogP contribution in [-0.4, -0.2) is 53.4 Å². The summed E-state index contributed by atoms with van der Waals surface area (Å²) in [6.45, 7) is 1.46. The van der Waals surface area contributed by atoms with E-state index in [1.165, 1.54) is 39.4 Å². The summed E-state index contributed by atoms with van der Waals surface area (Å²) in [5, 5.41) is 8.59. The fourth-order valence-corrected chi connectivity index (χ4v) is 4.04. The molecule has 1 N–H and O–H groups in total. The van der Waals surface area contributed by atoms with Gasteiger partial charge in [-0.3, -0.25) is 14.5 Å². The van der Waals surface area contributed by atoms with Crippen LogP contribution in [0.3, 0.4) is 0 Å². The second-order valence-corrected chi connectivity index (χ2v) is 7.92. The number of ether oxygens (including phenoxy) is 3. The van der Waals surface area contributed by atoms with Crippen LogP contribution in [0, 0.1) is 0 Å². The number of aromatic carboxylic acids is 1. The lowest BCUT2D eigenvalue weighted by atomic mass is 10.1. The van der Waals surface area contributed by atoms with Crippen molar-refractivity contribution >= 4 is 40.9 Å².